The molecular weight excluding hydrogens is 192 g/mol. The van der Waals surface area contributed by atoms with E-state index in [1.54, 1.807) is 20.1 Å². The number of rotatable bonds is 1. The van der Waals surface area contributed by atoms with Gasteiger partial charge in [0.2, 0.25) is 5.88 Å². The topological polar surface area (TPSA) is 55.2 Å². The van der Waals surface area contributed by atoms with Gasteiger partial charge in [0.15, 0.2) is 0 Å². The first kappa shape index (κ1) is 9.71. The molecule has 78 valence electrons. The first-order chi connectivity index (χ1) is 7.11. The van der Waals surface area contributed by atoms with E-state index in [-0.39, 0.29) is 5.88 Å². The van der Waals surface area contributed by atoms with Gasteiger partial charge in [0, 0.05) is 6.07 Å². The predicted molar refractivity (Wildman–Crippen MR) is 57.2 cm³/mol. The van der Waals surface area contributed by atoms with Gasteiger partial charge in [-0.05, 0) is 25.5 Å². The third-order valence-electron chi connectivity index (χ3n) is 2.30. The average Bonchev–Trinajstić information content (AvgIpc) is 2.18. The Kier molecular flexibility index (Phi) is 2.19. The van der Waals surface area contributed by atoms with Crippen LogP contribution in [0.15, 0.2) is 12.1 Å². The average molecular weight is 204 g/mol. The highest BCUT2D eigenvalue weighted by atomic mass is 16.5. The van der Waals surface area contributed by atoms with Crippen molar-refractivity contribution in [2.24, 2.45) is 0 Å². The molecule has 2 aromatic rings. The maximum Gasteiger partial charge on any atom is 0.222 e. The standard InChI is InChI=1S/C11H12N2O2/c1-6-4-8-9(5-10(6)15-3)12-7(2)13-11(8)14/h4-5H,1-3H3,(H,12,13,14). The summed E-state index contributed by atoms with van der Waals surface area (Å²) in [5.74, 6) is 1.33. The normalized spacial score (nSPS) is 10.6. The highest BCUT2D eigenvalue weighted by Gasteiger charge is 2.08. The van der Waals surface area contributed by atoms with Crippen LogP contribution in [0.3, 0.4) is 0 Å². The third-order valence-corrected chi connectivity index (χ3v) is 2.30. The summed E-state index contributed by atoms with van der Waals surface area (Å²) in [7, 11) is 1.61. The van der Waals surface area contributed by atoms with E-state index in [1.165, 1.54) is 0 Å². The maximum atomic E-state index is 9.65. The van der Waals surface area contributed by atoms with Gasteiger partial charge in [-0.25, -0.2) is 4.98 Å². The van der Waals surface area contributed by atoms with Crippen LogP contribution in [0.2, 0.25) is 0 Å². The predicted octanol–water partition coefficient (Wildman–Crippen LogP) is 1.96. The molecule has 0 fully saturated rings. The van der Waals surface area contributed by atoms with Crippen molar-refractivity contribution < 1.29 is 9.84 Å². The van der Waals surface area contributed by atoms with Gasteiger partial charge in [0.05, 0.1) is 18.0 Å². The minimum absolute atomic E-state index is 0.0169. The summed E-state index contributed by atoms with van der Waals surface area (Å²) >= 11 is 0. The molecule has 0 spiro atoms. The fourth-order valence-corrected chi connectivity index (χ4v) is 1.58. The fraction of sp³-hybridized carbons (Fsp3) is 0.273. The lowest BCUT2D eigenvalue weighted by Gasteiger charge is -2.07. The summed E-state index contributed by atoms with van der Waals surface area (Å²) in [4.78, 5) is 8.14. The molecule has 4 heteroatoms. The highest BCUT2D eigenvalue weighted by Crippen LogP contribution is 2.28. The molecule has 0 bridgehead atoms. The minimum atomic E-state index is 0.0169. The summed E-state index contributed by atoms with van der Waals surface area (Å²) < 4.78 is 5.19. The maximum absolute atomic E-state index is 9.65. The molecule has 0 aliphatic heterocycles. The van der Waals surface area contributed by atoms with Crippen LogP contribution in [0, 0.1) is 13.8 Å². The van der Waals surface area contributed by atoms with E-state index < -0.39 is 0 Å². The fourth-order valence-electron chi connectivity index (χ4n) is 1.58. The van der Waals surface area contributed by atoms with Crippen molar-refractivity contribution in [3.63, 3.8) is 0 Å². The number of methoxy groups -OCH3 is 1. The van der Waals surface area contributed by atoms with Crippen LogP contribution in [0.4, 0.5) is 0 Å². The Morgan fingerprint density at radius 1 is 1.20 bits per heavy atom. The highest BCUT2D eigenvalue weighted by molar-refractivity contribution is 5.85. The Bertz CT molecular complexity index is 523. The first-order valence-corrected chi connectivity index (χ1v) is 4.64. The molecule has 0 aliphatic carbocycles. The second-order valence-corrected chi connectivity index (χ2v) is 3.43. The molecule has 0 unspecified atom stereocenters. The zero-order chi connectivity index (χ0) is 11.0. The largest absolute Gasteiger partial charge is 0.496 e. The van der Waals surface area contributed by atoms with Crippen molar-refractivity contribution >= 4 is 10.9 Å². The molecule has 0 amide bonds. The SMILES string of the molecule is COc1cc2nc(C)nc(O)c2cc1C. The molecule has 0 saturated carbocycles. The second kappa shape index (κ2) is 3.38. The molecule has 4 nitrogen and oxygen atoms in total. The van der Waals surface area contributed by atoms with Crippen LogP contribution in [0.5, 0.6) is 11.6 Å². The van der Waals surface area contributed by atoms with E-state index in [9.17, 15) is 5.11 Å². The molecule has 1 aromatic heterocycles. The number of fused-ring (bicyclic) bond motifs is 1. The van der Waals surface area contributed by atoms with Gasteiger partial charge < -0.3 is 9.84 Å². The number of ether oxygens (including phenoxy) is 1. The number of aromatic nitrogens is 2. The lowest BCUT2D eigenvalue weighted by Crippen LogP contribution is -1.93. The number of nitrogens with zero attached hydrogens (tertiary/aromatic N) is 2. The monoisotopic (exact) mass is 204 g/mol. The van der Waals surface area contributed by atoms with Crippen LogP contribution < -0.4 is 4.74 Å². The quantitative estimate of drug-likeness (QED) is 0.771. The van der Waals surface area contributed by atoms with E-state index in [0.29, 0.717) is 16.7 Å². The Balaban J connectivity index is 2.81. The third kappa shape index (κ3) is 1.58. The smallest absolute Gasteiger partial charge is 0.222 e. The Morgan fingerprint density at radius 3 is 2.60 bits per heavy atom. The Labute approximate surface area is 87.6 Å². The Morgan fingerprint density at radius 2 is 1.93 bits per heavy atom. The molecular formula is C11H12N2O2. The molecule has 2 rings (SSSR count). The number of aryl methyl sites for hydroxylation is 2. The zero-order valence-corrected chi connectivity index (χ0v) is 8.90. The van der Waals surface area contributed by atoms with Crippen LogP contribution >= 0.6 is 0 Å². The molecule has 0 saturated heterocycles. The van der Waals surface area contributed by atoms with Crippen LogP contribution in [-0.4, -0.2) is 22.2 Å². The van der Waals surface area contributed by atoms with Gasteiger partial charge in [-0.15, -0.1) is 0 Å². The van der Waals surface area contributed by atoms with E-state index in [0.717, 1.165) is 11.3 Å². The second-order valence-electron chi connectivity index (χ2n) is 3.43. The lowest BCUT2D eigenvalue weighted by atomic mass is 10.1. The van der Waals surface area contributed by atoms with Crippen molar-refractivity contribution in [3.05, 3.63) is 23.5 Å². The molecule has 1 N–H and O–H groups in total. The molecule has 1 aromatic carbocycles. The van der Waals surface area contributed by atoms with Gasteiger partial charge in [0.25, 0.3) is 0 Å². The summed E-state index contributed by atoms with van der Waals surface area (Å²) in [6.45, 7) is 3.66. The number of aromatic hydroxyl groups is 1. The molecule has 15 heavy (non-hydrogen) atoms. The van der Waals surface area contributed by atoms with Crippen LogP contribution in [0.25, 0.3) is 10.9 Å². The van der Waals surface area contributed by atoms with Gasteiger partial charge in [-0.3, -0.25) is 0 Å². The van der Waals surface area contributed by atoms with Crippen molar-refractivity contribution in [3.8, 4) is 11.6 Å². The van der Waals surface area contributed by atoms with Crippen molar-refractivity contribution in [1.29, 1.82) is 0 Å². The first-order valence-electron chi connectivity index (χ1n) is 4.64. The van der Waals surface area contributed by atoms with Gasteiger partial charge in [-0.1, -0.05) is 0 Å². The summed E-state index contributed by atoms with van der Waals surface area (Å²) in [6.07, 6.45) is 0. The van der Waals surface area contributed by atoms with E-state index in [2.05, 4.69) is 9.97 Å². The number of hydrogen-bond acceptors (Lipinski definition) is 4. The number of hydrogen-bond donors (Lipinski definition) is 1. The summed E-state index contributed by atoms with van der Waals surface area (Å²) in [5.41, 5.74) is 1.65. The zero-order valence-electron chi connectivity index (χ0n) is 8.90. The molecule has 0 atom stereocenters. The van der Waals surface area contributed by atoms with Crippen molar-refractivity contribution in [1.82, 2.24) is 9.97 Å². The van der Waals surface area contributed by atoms with E-state index >= 15 is 0 Å². The van der Waals surface area contributed by atoms with Crippen molar-refractivity contribution in [2.45, 2.75) is 13.8 Å². The lowest BCUT2D eigenvalue weighted by molar-refractivity contribution is 0.412. The van der Waals surface area contributed by atoms with Gasteiger partial charge in [0.1, 0.15) is 11.6 Å². The minimum Gasteiger partial charge on any atom is -0.496 e. The van der Waals surface area contributed by atoms with Crippen LogP contribution in [-0.2, 0) is 0 Å². The molecule has 1 heterocycles. The Hall–Kier alpha value is -1.84. The summed E-state index contributed by atoms with van der Waals surface area (Å²) in [5, 5.41) is 10.3. The van der Waals surface area contributed by atoms with Crippen LogP contribution in [0.1, 0.15) is 11.4 Å². The van der Waals surface area contributed by atoms with E-state index in [4.69, 9.17) is 4.74 Å². The molecule has 0 radical (unpaired) electrons. The molecule has 0 aliphatic rings. The van der Waals surface area contributed by atoms with E-state index in [1.807, 2.05) is 13.0 Å². The van der Waals surface area contributed by atoms with Gasteiger partial charge in [-0.2, -0.15) is 4.98 Å². The summed E-state index contributed by atoms with van der Waals surface area (Å²) in [6, 6.07) is 3.63. The van der Waals surface area contributed by atoms with Crippen molar-refractivity contribution in [2.75, 3.05) is 7.11 Å². The number of benzene rings is 1. The van der Waals surface area contributed by atoms with Gasteiger partial charge >= 0.3 is 0 Å².